The zero-order valence-corrected chi connectivity index (χ0v) is 12.5. The van der Waals surface area contributed by atoms with E-state index >= 15 is 0 Å². The highest BCUT2D eigenvalue weighted by atomic mass is 35.5. The number of thiazole rings is 1. The zero-order chi connectivity index (χ0) is 11.4. The molecule has 2 rings (SSSR count). The fraction of sp³-hybridized carbons (Fsp3) is 0.636. The lowest BCUT2D eigenvalue weighted by molar-refractivity contribution is -0.122. The van der Waals surface area contributed by atoms with Crippen molar-refractivity contribution in [3.63, 3.8) is 0 Å². The molecule has 0 bridgehead atoms. The van der Waals surface area contributed by atoms with Gasteiger partial charge in [0.2, 0.25) is 5.91 Å². The molecule has 3 N–H and O–H groups in total. The first-order chi connectivity index (χ1) is 7.75. The second-order valence-corrected chi connectivity index (χ2v) is 5.24. The van der Waals surface area contributed by atoms with Crippen LogP contribution in [0.15, 0.2) is 11.6 Å². The number of rotatable bonds is 4. The Labute approximate surface area is 124 Å². The van der Waals surface area contributed by atoms with E-state index in [1.165, 1.54) is 0 Å². The smallest absolute Gasteiger partial charge is 0.220 e. The highest BCUT2D eigenvalue weighted by Gasteiger charge is 2.25. The van der Waals surface area contributed by atoms with Gasteiger partial charge in [0, 0.05) is 24.0 Å². The molecule has 2 atom stereocenters. The highest BCUT2D eigenvalue weighted by molar-refractivity contribution is 7.09. The third kappa shape index (κ3) is 5.10. The number of hydrogen-bond acceptors (Lipinski definition) is 4. The first-order valence-electron chi connectivity index (χ1n) is 5.66. The molecule has 1 fully saturated rings. The molecule has 1 saturated carbocycles. The summed E-state index contributed by atoms with van der Waals surface area (Å²) in [6.07, 6.45) is 5.62. The number of hydrogen-bond donors (Lipinski definition) is 2. The fourth-order valence-corrected chi connectivity index (χ4v) is 2.70. The second-order valence-electron chi connectivity index (χ2n) is 4.26. The van der Waals surface area contributed by atoms with Gasteiger partial charge in [-0.25, -0.2) is 4.98 Å². The maximum Gasteiger partial charge on any atom is 0.220 e. The average Bonchev–Trinajstić information content (AvgIpc) is 2.88. The third-order valence-electron chi connectivity index (χ3n) is 3.09. The van der Waals surface area contributed by atoms with Gasteiger partial charge in [0.15, 0.2) is 0 Å². The van der Waals surface area contributed by atoms with E-state index in [1.54, 1.807) is 17.5 Å². The number of halogens is 2. The van der Waals surface area contributed by atoms with Gasteiger partial charge in [0.25, 0.3) is 0 Å². The van der Waals surface area contributed by atoms with Crippen LogP contribution in [-0.4, -0.2) is 16.9 Å². The second kappa shape index (κ2) is 8.69. The lowest BCUT2D eigenvalue weighted by Gasteiger charge is -2.14. The van der Waals surface area contributed by atoms with Crippen molar-refractivity contribution >= 4 is 42.1 Å². The standard InChI is InChI=1S/C11H17N3OS.2ClH/c12-9-3-1-2-8(9)6-10(15)14-7-11-13-4-5-16-11;;/h4-5,8-9H,1-3,6-7,12H2,(H,14,15);2*1H/t8-,9+;;/m0../s1. The Morgan fingerprint density at radius 1 is 1.50 bits per heavy atom. The van der Waals surface area contributed by atoms with Crippen LogP contribution in [0.5, 0.6) is 0 Å². The third-order valence-corrected chi connectivity index (χ3v) is 3.87. The van der Waals surface area contributed by atoms with Crippen molar-refractivity contribution in [3.8, 4) is 0 Å². The summed E-state index contributed by atoms with van der Waals surface area (Å²) >= 11 is 1.56. The summed E-state index contributed by atoms with van der Waals surface area (Å²) in [6, 6.07) is 0.214. The minimum absolute atomic E-state index is 0. The number of amides is 1. The van der Waals surface area contributed by atoms with Gasteiger partial charge in [-0.3, -0.25) is 4.79 Å². The maximum absolute atomic E-state index is 11.6. The molecule has 7 heteroatoms. The van der Waals surface area contributed by atoms with Crippen molar-refractivity contribution in [2.45, 2.75) is 38.3 Å². The predicted octanol–water partition coefficient (Wildman–Crippen LogP) is 2.12. The molecular formula is C11H19Cl2N3OS. The molecule has 0 aliphatic heterocycles. The number of carbonyl (C=O) groups is 1. The SMILES string of the molecule is Cl.Cl.N[C@@H]1CCC[C@H]1CC(=O)NCc1nccs1. The van der Waals surface area contributed by atoms with Crippen molar-refractivity contribution in [2.75, 3.05) is 0 Å². The Morgan fingerprint density at radius 3 is 2.83 bits per heavy atom. The van der Waals surface area contributed by atoms with Crippen molar-refractivity contribution in [2.24, 2.45) is 11.7 Å². The molecule has 0 aromatic carbocycles. The van der Waals surface area contributed by atoms with E-state index in [-0.39, 0.29) is 36.8 Å². The summed E-state index contributed by atoms with van der Waals surface area (Å²) in [5, 5.41) is 5.75. The van der Waals surface area contributed by atoms with Crippen molar-refractivity contribution in [1.29, 1.82) is 0 Å². The van der Waals surface area contributed by atoms with Gasteiger partial charge in [0.05, 0.1) is 6.54 Å². The van der Waals surface area contributed by atoms with Crippen LogP contribution < -0.4 is 11.1 Å². The van der Waals surface area contributed by atoms with Crippen LogP contribution in [0.2, 0.25) is 0 Å². The van der Waals surface area contributed by atoms with Crippen molar-refractivity contribution in [3.05, 3.63) is 16.6 Å². The van der Waals surface area contributed by atoms with E-state index in [0.29, 0.717) is 18.9 Å². The van der Waals surface area contributed by atoms with Crippen LogP contribution >= 0.6 is 36.2 Å². The molecule has 104 valence electrons. The number of carbonyl (C=O) groups excluding carboxylic acids is 1. The van der Waals surface area contributed by atoms with E-state index in [0.717, 1.165) is 24.3 Å². The van der Waals surface area contributed by atoms with Gasteiger partial charge in [-0.15, -0.1) is 36.2 Å². The largest absolute Gasteiger partial charge is 0.350 e. The number of nitrogens with one attached hydrogen (secondary N) is 1. The maximum atomic E-state index is 11.6. The molecule has 0 spiro atoms. The minimum atomic E-state index is 0. The molecule has 1 amide bonds. The van der Waals surface area contributed by atoms with Crippen LogP contribution in [0.3, 0.4) is 0 Å². The Bertz CT molecular complexity index is 348. The molecule has 1 aromatic heterocycles. The van der Waals surface area contributed by atoms with Gasteiger partial charge in [-0.2, -0.15) is 0 Å². The van der Waals surface area contributed by atoms with E-state index in [1.807, 2.05) is 5.38 Å². The summed E-state index contributed by atoms with van der Waals surface area (Å²) < 4.78 is 0. The van der Waals surface area contributed by atoms with Gasteiger partial charge >= 0.3 is 0 Å². The van der Waals surface area contributed by atoms with Gasteiger partial charge < -0.3 is 11.1 Å². The Kier molecular flexibility index (Phi) is 8.52. The van der Waals surface area contributed by atoms with E-state index in [2.05, 4.69) is 10.3 Å². The zero-order valence-electron chi connectivity index (χ0n) is 10.0. The van der Waals surface area contributed by atoms with Crippen LogP contribution in [0.4, 0.5) is 0 Å². The Balaban J connectivity index is 0.00000144. The monoisotopic (exact) mass is 311 g/mol. The number of nitrogens with zero attached hydrogens (tertiary/aromatic N) is 1. The fourth-order valence-electron chi connectivity index (χ4n) is 2.14. The van der Waals surface area contributed by atoms with E-state index < -0.39 is 0 Å². The van der Waals surface area contributed by atoms with Crippen molar-refractivity contribution in [1.82, 2.24) is 10.3 Å². The molecule has 1 aliphatic carbocycles. The summed E-state index contributed by atoms with van der Waals surface area (Å²) in [5.74, 6) is 0.467. The molecule has 0 radical (unpaired) electrons. The predicted molar refractivity (Wildman–Crippen MR) is 78.4 cm³/mol. The van der Waals surface area contributed by atoms with Crippen LogP contribution in [0.1, 0.15) is 30.7 Å². The minimum Gasteiger partial charge on any atom is -0.350 e. The Hall–Kier alpha value is -0.360. The average molecular weight is 312 g/mol. The molecule has 0 unspecified atom stereocenters. The van der Waals surface area contributed by atoms with Crippen LogP contribution in [-0.2, 0) is 11.3 Å². The molecule has 1 heterocycles. The number of aromatic nitrogens is 1. The van der Waals surface area contributed by atoms with E-state index in [9.17, 15) is 4.79 Å². The summed E-state index contributed by atoms with van der Waals surface area (Å²) in [7, 11) is 0. The quantitative estimate of drug-likeness (QED) is 0.895. The molecule has 0 saturated heterocycles. The lowest BCUT2D eigenvalue weighted by atomic mass is 10.00. The number of nitrogens with two attached hydrogens (primary N) is 1. The molecule has 1 aromatic rings. The molecule has 1 aliphatic rings. The van der Waals surface area contributed by atoms with Gasteiger partial charge in [-0.05, 0) is 18.8 Å². The van der Waals surface area contributed by atoms with Crippen molar-refractivity contribution < 1.29 is 4.79 Å². The van der Waals surface area contributed by atoms with E-state index in [4.69, 9.17) is 5.73 Å². The summed E-state index contributed by atoms with van der Waals surface area (Å²) in [4.78, 5) is 15.8. The molecule has 18 heavy (non-hydrogen) atoms. The summed E-state index contributed by atoms with van der Waals surface area (Å²) in [5.41, 5.74) is 5.93. The summed E-state index contributed by atoms with van der Waals surface area (Å²) in [6.45, 7) is 0.540. The topological polar surface area (TPSA) is 68.0 Å². The Morgan fingerprint density at radius 2 is 2.28 bits per heavy atom. The highest BCUT2D eigenvalue weighted by Crippen LogP contribution is 2.26. The van der Waals surface area contributed by atoms with Crippen LogP contribution in [0.25, 0.3) is 0 Å². The van der Waals surface area contributed by atoms with Crippen LogP contribution in [0, 0.1) is 5.92 Å². The lowest BCUT2D eigenvalue weighted by Crippen LogP contribution is -2.31. The first-order valence-corrected chi connectivity index (χ1v) is 6.54. The molecule has 4 nitrogen and oxygen atoms in total. The van der Waals surface area contributed by atoms with Gasteiger partial charge in [0.1, 0.15) is 5.01 Å². The normalized spacial score (nSPS) is 21.8. The first kappa shape index (κ1) is 17.6. The van der Waals surface area contributed by atoms with Gasteiger partial charge in [-0.1, -0.05) is 6.42 Å². The molecular weight excluding hydrogens is 293 g/mol.